The number of nitrogens with one attached hydrogen (secondary N) is 1. The molecule has 1 saturated heterocycles. The van der Waals surface area contributed by atoms with Crippen LogP contribution in [0.25, 0.3) is 0 Å². The molecule has 2 rings (SSSR count). The van der Waals surface area contributed by atoms with Gasteiger partial charge in [0.2, 0.25) is 21.8 Å². The van der Waals surface area contributed by atoms with E-state index < -0.39 is 15.8 Å². The fourth-order valence-corrected chi connectivity index (χ4v) is 4.40. The van der Waals surface area contributed by atoms with Gasteiger partial charge in [-0.2, -0.15) is 4.31 Å². The first kappa shape index (κ1) is 22.3. The molecule has 0 aromatic heterocycles. The third-order valence-electron chi connectivity index (χ3n) is 4.58. The van der Waals surface area contributed by atoms with Crippen molar-refractivity contribution in [3.8, 4) is 0 Å². The van der Waals surface area contributed by atoms with E-state index in [-0.39, 0.29) is 42.9 Å². The second-order valence-corrected chi connectivity index (χ2v) is 8.43. The Bertz CT molecular complexity index is 777. The maximum absolute atomic E-state index is 13.0. The van der Waals surface area contributed by atoms with E-state index in [1.54, 1.807) is 0 Å². The summed E-state index contributed by atoms with van der Waals surface area (Å²) in [7, 11) is -3.68. The van der Waals surface area contributed by atoms with E-state index in [1.807, 2.05) is 18.7 Å². The maximum atomic E-state index is 13.0. The van der Waals surface area contributed by atoms with Gasteiger partial charge in [0, 0.05) is 39.3 Å². The minimum absolute atomic E-state index is 0.0160. The molecule has 10 heteroatoms. The van der Waals surface area contributed by atoms with Crippen LogP contribution in [0.1, 0.15) is 13.8 Å². The Labute approximate surface area is 165 Å². The number of sulfonamides is 1. The molecule has 156 valence electrons. The highest BCUT2D eigenvalue weighted by atomic mass is 32.2. The van der Waals surface area contributed by atoms with Gasteiger partial charge in [0.15, 0.2) is 0 Å². The molecule has 1 heterocycles. The van der Waals surface area contributed by atoms with E-state index in [4.69, 9.17) is 0 Å². The zero-order valence-corrected chi connectivity index (χ0v) is 17.0. The van der Waals surface area contributed by atoms with Crippen molar-refractivity contribution in [2.45, 2.75) is 18.7 Å². The highest BCUT2D eigenvalue weighted by Gasteiger charge is 2.29. The minimum atomic E-state index is -3.68. The first-order valence-electron chi connectivity index (χ1n) is 9.30. The second-order valence-electron chi connectivity index (χ2n) is 6.50. The van der Waals surface area contributed by atoms with Crippen molar-refractivity contribution < 1.29 is 22.4 Å². The van der Waals surface area contributed by atoms with Crippen molar-refractivity contribution in [3.63, 3.8) is 0 Å². The molecule has 0 saturated carbocycles. The monoisotopic (exact) mass is 414 g/mol. The van der Waals surface area contributed by atoms with Gasteiger partial charge in [0.25, 0.3) is 0 Å². The van der Waals surface area contributed by atoms with Gasteiger partial charge in [-0.25, -0.2) is 12.8 Å². The summed E-state index contributed by atoms with van der Waals surface area (Å²) in [5, 5.41) is 2.67. The number of rotatable bonds is 8. The largest absolute Gasteiger partial charge is 0.355 e. The Kier molecular flexibility index (Phi) is 7.90. The van der Waals surface area contributed by atoms with Gasteiger partial charge >= 0.3 is 0 Å². The lowest BCUT2D eigenvalue weighted by Crippen LogP contribution is -2.52. The molecule has 1 aromatic rings. The highest BCUT2D eigenvalue weighted by Crippen LogP contribution is 2.18. The molecule has 0 spiro atoms. The lowest BCUT2D eigenvalue weighted by Gasteiger charge is -2.34. The van der Waals surface area contributed by atoms with Gasteiger partial charge in [-0.3, -0.25) is 14.5 Å². The van der Waals surface area contributed by atoms with Crippen LogP contribution in [0, 0.1) is 5.82 Å². The van der Waals surface area contributed by atoms with Crippen LogP contribution in [-0.2, 0) is 19.6 Å². The van der Waals surface area contributed by atoms with E-state index >= 15 is 0 Å². The van der Waals surface area contributed by atoms with Crippen LogP contribution in [0.3, 0.4) is 0 Å². The number of halogens is 1. The SMILES string of the molecule is CCNC(=O)CN(CC)C(=O)CN1CCN(S(=O)(=O)c2ccc(F)cc2)CC1. The van der Waals surface area contributed by atoms with Gasteiger partial charge < -0.3 is 10.2 Å². The molecule has 1 N–H and O–H groups in total. The molecule has 0 unspecified atom stereocenters. The van der Waals surface area contributed by atoms with Crippen molar-refractivity contribution in [2.75, 3.05) is 52.4 Å². The quantitative estimate of drug-likeness (QED) is 0.653. The predicted octanol–water partition coefficient (Wildman–Crippen LogP) is 0.117. The van der Waals surface area contributed by atoms with Crippen LogP contribution >= 0.6 is 0 Å². The van der Waals surface area contributed by atoms with Crippen LogP contribution < -0.4 is 5.32 Å². The molecule has 1 aromatic carbocycles. The topological polar surface area (TPSA) is 90.0 Å². The van der Waals surface area contributed by atoms with E-state index in [9.17, 15) is 22.4 Å². The first-order valence-corrected chi connectivity index (χ1v) is 10.7. The number of hydrogen-bond donors (Lipinski definition) is 1. The molecule has 0 bridgehead atoms. The highest BCUT2D eigenvalue weighted by molar-refractivity contribution is 7.89. The summed E-state index contributed by atoms with van der Waals surface area (Å²) >= 11 is 0. The van der Waals surface area contributed by atoms with Crippen molar-refractivity contribution in [2.24, 2.45) is 0 Å². The molecule has 1 fully saturated rings. The standard InChI is InChI=1S/C18H27FN4O4S/c1-3-20-17(24)13-22(4-2)18(25)14-21-9-11-23(12-10-21)28(26,27)16-7-5-15(19)6-8-16/h5-8H,3-4,9-14H2,1-2H3,(H,20,24). The van der Waals surface area contributed by atoms with Gasteiger partial charge in [0.05, 0.1) is 18.0 Å². The average molecular weight is 415 g/mol. The smallest absolute Gasteiger partial charge is 0.243 e. The van der Waals surface area contributed by atoms with Crippen molar-refractivity contribution in [1.82, 2.24) is 19.4 Å². The Morgan fingerprint density at radius 1 is 1.11 bits per heavy atom. The number of hydrogen-bond acceptors (Lipinski definition) is 5. The summed E-state index contributed by atoms with van der Waals surface area (Å²) in [4.78, 5) is 27.6. The summed E-state index contributed by atoms with van der Waals surface area (Å²) in [5.41, 5.74) is 0. The maximum Gasteiger partial charge on any atom is 0.243 e. The number of piperazine rings is 1. The molecule has 8 nitrogen and oxygen atoms in total. The summed E-state index contributed by atoms with van der Waals surface area (Å²) in [5.74, 6) is -0.855. The van der Waals surface area contributed by atoms with Crippen molar-refractivity contribution >= 4 is 21.8 Å². The Balaban J connectivity index is 1.90. The van der Waals surface area contributed by atoms with Crippen molar-refractivity contribution in [1.29, 1.82) is 0 Å². The number of carbonyl (C=O) groups is 2. The number of amides is 2. The van der Waals surface area contributed by atoms with E-state index in [1.165, 1.54) is 21.3 Å². The second kappa shape index (κ2) is 9.94. The predicted molar refractivity (Wildman–Crippen MR) is 103 cm³/mol. The number of carbonyl (C=O) groups excluding carboxylic acids is 2. The fourth-order valence-electron chi connectivity index (χ4n) is 2.98. The normalized spacial score (nSPS) is 16.0. The van der Waals surface area contributed by atoms with Gasteiger partial charge in [-0.15, -0.1) is 0 Å². The van der Waals surface area contributed by atoms with Gasteiger partial charge in [-0.05, 0) is 38.1 Å². The number of nitrogens with zero attached hydrogens (tertiary/aromatic N) is 3. The fraction of sp³-hybridized carbons (Fsp3) is 0.556. The number of likely N-dealkylation sites (N-methyl/N-ethyl adjacent to an activating group) is 2. The summed E-state index contributed by atoms with van der Waals surface area (Å²) in [6.07, 6.45) is 0. The third kappa shape index (κ3) is 5.73. The summed E-state index contributed by atoms with van der Waals surface area (Å²) < 4.78 is 39.6. The molecule has 1 aliphatic heterocycles. The van der Waals surface area contributed by atoms with Gasteiger partial charge in [-0.1, -0.05) is 0 Å². The number of benzene rings is 1. The zero-order valence-electron chi connectivity index (χ0n) is 16.2. The van der Waals surface area contributed by atoms with Gasteiger partial charge in [0.1, 0.15) is 5.82 Å². The van der Waals surface area contributed by atoms with Crippen LogP contribution in [0.5, 0.6) is 0 Å². The molecule has 28 heavy (non-hydrogen) atoms. The summed E-state index contributed by atoms with van der Waals surface area (Å²) in [6, 6.07) is 4.74. The van der Waals surface area contributed by atoms with E-state index in [0.717, 1.165) is 12.1 Å². The zero-order chi connectivity index (χ0) is 20.7. The Hall–Kier alpha value is -2.04. The van der Waals surface area contributed by atoms with Crippen LogP contribution in [0.4, 0.5) is 4.39 Å². The Morgan fingerprint density at radius 2 is 1.71 bits per heavy atom. The van der Waals surface area contributed by atoms with Crippen LogP contribution in [-0.4, -0.2) is 86.7 Å². The molecule has 0 aliphatic carbocycles. The first-order chi connectivity index (χ1) is 13.3. The van der Waals surface area contributed by atoms with E-state index in [0.29, 0.717) is 26.2 Å². The summed E-state index contributed by atoms with van der Waals surface area (Å²) in [6.45, 7) is 6.02. The van der Waals surface area contributed by atoms with Crippen molar-refractivity contribution in [3.05, 3.63) is 30.1 Å². The Morgan fingerprint density at radius 3 is 2.25 bits per heavy atom. The van der Waals surface area contributed by atoms with Crippen LogP contribution in [0.2, 0.25) is 0 Å². The average Bonchev–Trinajstić information content (AvgIpc) is 2.67. The van der Waals surface area contributed by atoms with Crippen LogP contribution in [0.15, 0.2) is 29.2 Å². The lowest BCUT2D eigenvalue weighted by molar-refractivity contribution is -0.137. The molecule has 1 aliphatic rings. The molecular formula is C18H27FN4O4S. The molecule has 0 atom stereocenters. The molecule has 2 amide bonds. The third-order valence-corrected chi connectivity index (χ3v) is 6.50. The van der Waals surface area contributed by atoms with E-state index in [2.05, 4.69) is 5.32 Å². The minimum Gasteiger partial charge on any atom is -0.355 e. The molecule has 0 radical (unpaired) electrons. The molecular weight excluding hydrogens is 387 g/mol. The lowest BCUT2D eigenvalue weighted by atomic mass is 10.3.